The van der Waals surface area contributed by atoms with Crippen LogP contribution in [-0.4, -0.2) is 46.8 Å². The second-order valence-electron chi connectivity index (χ2n) is 3.98. The Morgan fingerprint density at radius 1 is 1.47 bits per heavy atom. The van der Waals surface area contributed by atoms with Gasteiger partial charge in [-0.25, -0.2) is 4.79 Å². The zero-order chi connectivity index (χ0) is 13.2. The van der Waals surface area contributed by atoms with E-state index in [1.165, 1.54) is 6.92 Å². The fourth-order valence-corrected chi connectivity index (χ4v) is 1.28. The van der Waals surface area contributed by atoms with Crippen LogP contribution in [0.1, 0.15) is 19.8 Å². The van der Waals surface area contributed by atoms with Crippen LogP contribution < -0.4 is 5.32 Å². The van der Waals surface area contributed by atoms with Gasteiger partial charge in [-0.1, -0.05) is 0 Å². The molecule has 5 nitrogen and oxygen atoms in total. The van der Waals surface area contributed by atoms with Crippen LogP contribution in [-0.2, 0) is 4.79 Å². The Bertz CT molecular complexity index is 315. The molecular weight excluding hydrogens is 241 g/mol. The number of nitrogens with one attached hydrogen (secondary N) is 1. The third kappa shape index (κ3) is 4.49. The molecule has 0 bridgehead atoms. The van der Waals surface area contributed by atoms with Gasteiger partial charge in [0.05, 0.1) is 0 Å². The van der Waals surface area contributed by atoms with Gasteiger partial charge in [0.1, 0.15) is 12.6 Å². The Kier molecular flexibility index (Phi) is 3.84. The number of alkyl halides is 3. The van der Waals surface area contributed by atoms with Crippen LogP contribution in [0, 0.1) is 0 Å². The zero-order valence-electron chi connectivity index (χ0n) is 9.12. The number of carboxylic acid groups (broad SMARTS) is 1. The second kappa shape index (κ2) is 4.80. The first-order valence-corrected chi connectivity index (χ1v) is 5.07. The fraction of sp³-hybridized carbons (Fsp3) is 0.778. The standard InChI is InChI=1S/C9H13F3N2O3/c1-5(7(15)16)13-8(17)14(6-2-3-6)4-9(10,11)12/h5-6H,2-4H2,1H3,(H,13,17)(H,15,16). The lowest BCUT2D eigenvalue weighted by atomic mass is 10.3. The third-order valence-electron chi connectivity index (χ3n) is 2.31. The molecule has 0 aromatic rings. The Hall–Kier alpha value is -1.47. The number of carbonyl (C=O) groups is 2. The largest absolute Gasteiger partial charge is 0.480 e. The molecule has 1 unspecified atom stereocenters. The van der Waals surface area contributed by atoms with E-state index in [1.54, 1.807) is 0 Å². The first kappa shape index (κ1) is 13.6. The molecule has 0 saturated heterocycles. The van der Waals surface area contributed by atoms with Crippen LogP contribution in [0.15, 0.2) is 0 Å². The van der Waals surface area contributed by atoms with Crippen molar-refractivity contribution in [1.29, 1.82) is 0 Å². The average Bonchev–Trinajstić information content (AvgIpc) is 2.95. The lowest BCUT2D eigenvalue weighted by Gasteiger charge is -2.25. The first-order chi connectivity index (χ1) is 7.70. The molecule has 0 radical (unpaired) electrons. The number of amides is 2. The van der Waals surface area contributed by atoms with E-state index < -0.39 is 36.8 Å². The van der Waals surface area contributed by atoms with E-state index >= 15 is 0 Å². The van der Waals surface area contributed by atoms with Crippen molar-refractivity contribution in [3.63, 3.8) is 0 Å². The van der Waals surface area contributed by atoms with Crippen molar-refractivity contribution >= 4 is 12.0 Å². The number of hydrogen-bond acceptors (Lipinski definition) is 2. The van der Waals surface area contributed by atoms with Crippen LogP contribution in [0.2, 0.25) is 0 Å². The highest BCUT2D eigenvalue weighted by atomic mass is 19.4. The number of hydrogen-bond donors (Lipinski definition) is 2. The van der Waals surface area contributed by atoms with Gasteiger partial charge in [-0.15, -0.1) is 0 Å². The number of nitrogens with zero attached hydrogens (tertiary/aromatic N) is 1. The lowest BCUT2D eigenvalue weighted by Crippen LogP contribution is -2.50. The van der Waals surface area contributed by atoms with Crippen molar-refractivity contribution in [2.45, 2.75) is 38.0 Å². The van der Waals surface area contributed by atoms with E-state index in [1.807, 2.05) is 5.32 Å². The molecule has 1 fully saturated rings. The fourth-order valence-electron chi connectivity index (χ4n) is 1.28. The molecule has 0 aliphatic heterocycles. The number of urea groups is 1. The van der Waals surface area contributed by atoms with E-state index in [0.717, 1.165) is 0 Å². The summed E-state index contributed by atoms with van der Waals surface area (Å²) in [6, 6.07) is -2.63. The molecule has 0 aromatic carbocycles. The molecule has 2 N–H and O–H groups in total. The first-order valence-electron chi connectivity index (χ1n) is 5.07. The maximum atomic E-state index is 12.2. The summed E-state index contributed by atoms with van der Waals surface area (Å²) in [5.74, 6) is -1.29. The highest BCUT2D eigenvalue weighted by molar-refractivity contribution is 5.82. The molecular formula is C9H13F3N2O3. The monoisotopic (exact) mass is 254 g/mol. The third-order valence-corrected chi connectivity index (χ3v) is 2.31. The number of carboxylic acids is 1. The smallest absolute Gasteiger partial charge is 0.406 e. The number of carbonyl (C=O) groups excluding carboxylic acids is 1. The molecule has 0 heterocycles. The Labute approximate surface area is 95.6 Å². The quantitative estimate of drug-likeness (QED) is 0.791. The van der Waals surface area contributed by atoms with Crippen molar-refractivity contribution < 1.29 is 27.9 Å². The number of rotatable bonds is 4. The van der Waals surface area contributed by atoms with E-state index in [0.29, 0.717) is 17.7 Å². The van der Waals surface area contributed by atoms with Crippen molar-refractivity contribution in [2.75, 3.05) is 6.54 Å². The van der Waals surface area contributed by atoms with Crippen LogP contribution in [0.4, 0.5) is 18.0 Å². The zero-order valence-corrected chi connectivity index (χ0v) is 9.12. The molecule has 98 valence electrons. The van der Waals surface area contributed by atoms with Crippen LogP contribution in [0.5, 0.6) is 0 Å². The Morgan fingerprint density at radius 2 is 2.00 bits per heavy atom. The highest BCUT2D eigenvalue weighted by Crippen LogP contribution is 2.30. The van der Waals surface area contributed by atoms with Crippen LogP contribution in [0.3, 0.4) is 0 Å². The normalized spacial score (nSPS) is 17.4. The lowest BCUT2D eigenvalue weighted by molar-refractivity contribution is -0.141. The molecule has 0 aromatic heterocycles. The maximum absolute atomic E-state index is 12.2. The van der Waals surface area contributed by atoms with Crippen LogP contribution in [0.25, 0.3) is 0 Å². The predicted octanol–water partition coefficient (Wildman–Crippen LogP) is 1.20. The van der Waals surface area contributed by atoms with Gasteiger partial charge in [-0.05, 0) is 19.8 Å². The summed E-state index contributed by atoms with van der Waals surface area (Å²) in [7, 11) is 0. The van der Waals surface area contributed by atoms with E-state index in [9.17, 15) is 22.8 Å². The van der Waals surface area contributed by atoms with E-state index in [-0.39, 0.29) is 0 Å². The van der Waals surface area contributed by atoms with Gasteiger partial charge in [0.25, 0.3) is 0 Å². The summed E-state index contributed by atoms with van der Waals surface area (Å²) in [4.78, 5) is 22.6. The summed E-state index contributed by atoms with van der Waals surface area (Å²) in [6.07, 6.45) is -3.44. The molecule has 0 spiro atoms. The average molecular weight is 254 g/mol. The number of aliphatic carboxylic acids is 1. The highest BCUT2D eigenvalue weighted by Gasteiger charge is 2.41. The van der Waals surface area contributed by atoms with Crippen molar-refractivity contribution in [2.24, 2.45) is 0 Å². The van der Waals surface area contributed by atoms with Crippen LogP contribution >= 0.6 is 0 Å². The maximum Gasteiger partial charge on any atom is 0.406 e. The van der Waals surface area contributed by atoms with Gasteiger partial charge < -0.3 is 15.3 Å². The summed E-state index contributed by atoms with van der Waals surface area (Å²) in [5.41, 5.74) is 0. The van der Waals surface area contributed by atoms with Gasteiger partial charge in [0, 0.05) is 6.04 Å². The summed E-state index contributed by atoms with van der Waals surface area (Å²) in [5, 5.41) is 10.6. The summed E-state index contributed by atoms with van der Waals surface area (Å²) >= 11 is 0. The summed E-state index contributed by atoms with van der Waals surface area (Å²) in [6.45, 7) is -0.158. The topological polar surface area (TPSA) is 69.6 Å². The van der Waals surface area contributed by atoms with E-state index in [4.69, 9.17) is 5.11 Å². The SMILES string of the molecule is CC(NC(=O)N(CC(F)(F)F)C1CC1)C(=O)O. The van der Waals surface area contributed by atoms with E-state index in [2.05, 4.69) is 0 Å². The molecule has 17 heavy (non-hydrogen) atoms. The van der Waals surface area contributed by atoms with Gasteiger partial charge in [0.2, 0.25) is 0 Å². The second-order valence-corrected chi connectivity index (χ2v) is 3.98. The van der Waals surface area contributed by atoms with Crippen molar-refractivity contribution in [3.05, 3.63) is 0 Å². The molecule has 1 atom stereocenters. The van der Waals surface area contributed by atoms with Crippen molar-refractivity contribution in [3.8, 4) is 0 Å². The van der Waals surface area contributed by atoms with Gasteiger partial charge in [-0.3, -0.25) is 4.79 Å². The van der Waals surface area contributed by atoms with Gasteiger partial charge >= 0.3 is 18.2 Å². The molecule has 1 saturated carbocycles. The molecule has 1 aliphatic carbocycles. The Balaban J connectivity index is 2.58. The summed E-state index contributed by atoms with van der Waals surface area (Å²) < 4.78 is 36.6. The minimum atomic E-state index is -4.48. The Morgan fingerprint density at radius 3 is 2.35 bits per heavy atom. The van der Waals surface area contributed by atoms with Gasteiger partial charge in [0.15, 0.2) is 0 Å². The molecule has 8 heteroatoms. The minimum absolute atomic E-state index is 0.433. The minimum Gasteiger partial charge on any atom is -0.480 e. The number of halogens is 3. The molecule has 2 amide bonds. The predicted molar refractivity (Wildman–Crippen MR) is 51.4 cm³/mol. The van der Waals surface area contributed by atoms with Gasteiger partial charge in [-0.2, -0.15) is 13.2 Å². The molecule has 1 aliphatic rings. The van der Waals surface area contributed by atoms with Crippen molar-refractivity contribution in [1.82, 2.24) is 10.2 Å². The molecule has 1 rings (SSSR count).